The second-order valence-electron chi connectivity index (χ2n) is 9.85. The van der Waals surface area contributed by atoms with Crippen molar-refractivity contribution in [3.8, 4) is 0 Å². The van der Waals surface area contributed by atoms with Crippen LogP contribution in [0.25, 0.3) is 0 Å². The van der Waals surface area contributed by atoms with Crippen molar-refractivity contribution in [2.75, 3.05) is 23.8 Å². The molecule has 14 heteroatoms. The van der Waals surface area contributed by atoms with Gasteiger partial charge in [0.1, 0.15) is 18.5 Å². The molecule has 3 N–H and O–H groups in total. The van der Waals surface area contributed by atoms with Gasteiger partial charge in [0.25, 0.3) is 0 Å². The van der Waals surface area contributed by atoms with E-state index in [1.165, 1.54) is 0 Å². The second kappa shape index (κ2) is 15.4. The predicted molar refractivity (Wildman–Crippen MR) is 147 cm³/mol. The van der Waals surface area contributed by atoms with Crippen molar-refractivity contribution in [1.29, 1.82) is 0 Å². The smallest absolute Gasteiger partial charge is 0.412 e. The maximum Gasteiger partial charge on any atom is 0.412 e. The molecular formula is C28H36F2N4O8. The van der Waals surface area contributed by atoms with Crippen molar-refractivity contribution in [1.82, 2.24) is 9.55 Å². The molecule has 1 aromatic carbocycles. The molecule has 2 heterocycles. The van der Waals surface area contributed by atoms with Crippen LogP contribution in [0.3, 0.4) is 0 Å². The monoisotopic (exact) mass is 594 g/mol. The number of aliphatic hydroxyl groups is 1. The molecule has 1 fully saturated rings. The van der Waals surface area contributed by atoms with Crippen LogP contribution < -0.4 is 16.3 Å². The van der Waals surface area contributed by atoms with Crippen LogP contribution in [0.15, 0.2) is 47.4 Å². The zero-order valence-electron chi connectivity index (χ0n) is 23.4. The average molecular weight is 595 g/mol. The predicted octanol–water partition coefficient (Wildman–Crippen LogP) is 4.14. The lowest BCUT2D eigenvalue weighted by atomic mass is 10.1. The fourth-order valence-electron chi connectivity index (χ4n) is 4.17. The summed E-state index contributed by atoms with van der Waals surface area (Å²) in [6, 6.07) is 10.1. The van der Waals surface area contributed by atoms with Gasteiger partial charge in [-0.1, -0.05) is 44.4 Å². The summed E-state index contributed by atoms with van der Waals surface area (Å²) in [4.78, 5) is 51.7. The molecule has 0 aliphatic carbocycles. The van der Waals surface area contributed by atoms with E-state index in [0.29, 0.717) is 32.1 Å². The number of rotatable bonds is 15. The molecule has 42 heavy (non-hydrogen) atoms. The minimum atomic E-state index is -3.92. The molecule has 0 radical (unpaired) electrons. The number of aromatic nitrogens is 2. The summed E-state index contributed by atoms with van der Waals surface area (Å²) in [5, 5.41) is 15.6. The Morgan fingerprint density at radius 2 is 1.76 bits per heavy atom. The first-order valence-electron chi connectivity index (χ1n) is 13.9. The van der Waals surface area contributed by atoms with Gasteiger partial charge in [-0.2, -0.15) is 13.8 Å². The lowest BCUT2D eigenvalue weighted by Gasteiger charge is -2.29. The topological polar surface area (TPSA) is 158 Å². The lowest BCUT2D eigenvalue weighted by Crippen LogP contribution is -2.52. The number of anilines is 2. The van der Waals surface area contributed by atoms with Crippen LogP contribution in [0.4, 0.5) is 25.1 Å². The summed E-state index contributed by atoms with van der Waals surface area (Å²) in [6.45, 7) is 1.51. The number of carbonyl (C=O) groups is 3. The average Bonchev–Trinajstić information content (AvgIpc) is 3.18. The molecule has 0 unspecified atom stereocenters. The highest BCUT2D eigenvalue weighted by Gasteiger charge is 2.64. The fraction of sp³-hybridized carbons (Fsp3) is 0.536. The van der Waals surface area contributed by atoms with E-state index in [2.05, 4.69) is 15.6 Å². The molecule has 0 spiro atoms. The number of benzene rings is 1. The first kappa shape index (κ1) is 32.6. The highest BCUT2D eigenvalue weighted by atomic mass is 19.3. The number of para-hydroxylation sites is 1. The highest BCUT2D eigenvalue weighted by molar-refractivity contribution is 5.90. The normalized spacial score (nSPS) is 19.2. The molecule has 2 atom stereocenters. The number of halogens is 2. The van der Waals surface area contributed by atoms with E-state index in [4.69, 9.17) is 14.2 Å². The number of nitrogens with zero attached hydrogens (tertiary/aromatic N) is 2. The Balaban J connectivity index is 1.39. The van der Waals surface area contributed by atoms with Crippen LogP contribution >= 0.6 is 0 Å². The van der Waals surface area contributed by atoms with Crippen molar-refractivity contribution >= 4 is 29.5 Å². The number of hydrogen-bond acceptors (Lipinski definition) is 9. The van der Waals surface area contributed by atoms with E-state index in [-0.39, 0.29) is 29.3 Å². The maximum atomic E-state index is 14.8. The number of alkyl halides is 2. The van der Waals surface area contributed by atoms with Gasteiger partial charge in [0.15, 0.2) is 0 Å². The molecule has 1 aliphatic rings. The van der Waals surface area contributed by atoms with Crippen molar-refractivity contribution in [2.24, 2.45) is 0 Å². The number of nitrogens with one attached hydrogen (secondary N) is 2. The number of ether oxygens (including phenoxy) is 3. The van der Waals surface area contributed by atoms with Crippen molar-refractivity contribution in [3.63, 3.8) is 0 Å². The fourth-order valence-corrected chi connectivity index (χ4v) is 4.17. The van der Waals surface area contributed by atoms with Crippen LogP contribution in [0.2, 0.25) is 0 Å². The lowest BCUT2D eigenvalue weighted by molar-refractivity contribution is -0.337. The Labute approximate surface area is 241 Å². The molecular weight excluding hydrogens is 558 g/mol. The summed E-state index contributed by atoms with van der Waals surface area (Å²) in [7, 11) is 0. The highest BCUT2D eigenvalue weighted by Crippen LogP contribution is 2.45. The van der Waals surface area contributed by atoms with E-state index in [9.17, 15) is 33.1 Å². The van der Waals surface area contributed by atoms with Crippen LogP contribution in [0.5, 0.6) is 0 Å². The minimum absolute atomic E-state index is 0.0440. The summed E-state index contributed by atoms with van der Waals surface area (Å²) in [5.74, 6) is -8.28. The minimum Gasteiger partial charge on any atom is -0.463 e. The first-order chi connectivity index (χ1) is 20.0. The summed E-state index contributed by atoms with van der Waals surface area (Å²) in [5.41, 5.74) is -0.581. The molecule has 230 valence electrons. The van der Waals surface area contributed by atoms with Gasteiger partial charge >= 0.3 is 29.6 Å². The Morgan fingerprint density at radius 1 is 1.05 bits per heavy atom. The summed E-state index contributed by atoms with van der Waals surface area (Å²) < 4.78 is 44.8. The van der Waals surface area contributed by atoms with Crippen LogP contribution in [-0.4, -0.2) is 57.9 Å². The SMILES string of the molecule is CCCCOC(=O)Nc1ccn([C@]2(O)O[C@@H](COC(=O)CCCCCCC(=O)Nc3ccccc3)CC2(F)F)c(=O)n1. The van der Waals surface area contributed by atoms with E-state index >= 15 is 0 Å². The standard InChI is InChI=1S/C28H36F2N4O8/c1-2-3-17-40-26(38)33-22-15-16-34(25(37)32-22)28(39)27(29,30)18-21(42-28)19-41-24(36)14-10-5-4-9-13-23(35)31-20-11-7-6-8-12-20/h6-8,11-12,15-16,21,39H,2-5,9-10,13-14,17-19H2,1H3,(H,31,35)(H,32,33,37,38)/t21-,28-/m1/s1. The van der Waals surface area contributed by atoms with E-state index < -0.39 is 48.7 Å². The molecule has 0 bridgehead atoms. The van der Waals surface area contributed by atoms with E-state index in [1.807, 2.05) is 25.1 Å². The number of amides is 2. The molecule has 0 saturated carbocycles. The number of carbonyl (C=O) groups excluding carboxylic acids is 3. The van der Waals surface area contributed by atoms with Crippen LogP contribution in [-0.2, 0) is 29.7 Å². The van der Waals surface area contributed by atoms with Crippen LogP contribution in [0, 0.1) is 0 Å². The summed E-state index contributed by atoms with van der Waals surface area (Å²) >= 11 is 0. The van der Waals surface area contributed by atoms with Gasteiger partial charge in [0.2, 0.25) is 5.91 Å². The number of hydrogen-bond donors (Lipinski definition) is 3. The Morgan fingerprint density at radius 3 is 2.45 bits per heavy atom. The Bertz CT molecular complexity index is 1260. The molecule has 1 aliphatic heterocycles. The van der Waals surface area contributed by atoms with E-state index in [1.54, 1.807) is 12.1 Å². The van der Waals surface area contributed by atoms with Gasteiger partial charge in [-0.15, -0.1) is 0 Å². The van der Waals surface area contributed by atoms with Crippen molar-refractivity contribution in [2.45, 2.75) is 82.6 Å². The third-order valence-corrected chi connectivity index (χ3v) is 6.41. The molecule has 2 aromatic rings. The number of unbranched alkanes of at least 4 members (excludes halogenated alkanes) is 4. The first-order valence-corrected chi connectivity index (χ1v) is 13.9. The van der Waals surface area contributed by atoms with Crippen molar-refractivity contribution in [3.05, 3.63) is 53.1 Å². The Hall–Kier alpha value is -3.91. The van der Waals surface area contributed by atoms with Gasteiger partial charge in [-0.05, 0) is 37.5 Å². The molecule has 12 nitrogen and oxygen atoms in total. The molecule has 2 amide bonds. The van der Waals surface area contributed by atoms with Gasteiger partial charge < -0.3 is 24.6 Å². The number of esters is 1. The van der Waals surface area contributed by atoms with Crippen LogP contribution in [0.1, 0.15) is 64.7 Å². The molecule has 1 saturated heterocycles. The van der Waals surface area contributed by atoms with Gasteiger partial charge in [0, 0.05) is 31.1 Å². The third-order valence-electron chi connectivity index (χ3n) is 6.41. The zero-order chi connectivity index (χ0) is 30.6. The second-order valence-corrected chi connectivity index (χ2v) is 9.85. The maximum absolute atomic E-state index is 14.8. The molecule has 1 aromatic heterocycles. The quantitative estimate of drug-likeness (QED) is 0.204. The largest absolute Gasteiger partial charge is 0.463 e. The van der Waals surface area contributed by atoms with E-state index in [0.717, 1.165) is 30.8 Å². The van der Waals surface area contributed by atoms with Crippen molar-refractivity contribution < 1.29 is 42.5 Å². The van der Waals surface area contributed by atoms with Gasteiger partial charge in [0.05, 0.1) is 6.61 Å². The molecule has 3 rings (SSSR count). The summed E-state index contributed by atoms with van der Waals surface area (Å²) in [6.07, 6.45) is 1.87. The van der Waals surface area contributed by atoms with Gasteiger partial charge in [-0.3, -0.25) is 14.9 Å². The third kappa shape index (κ3) is 9.31. The van der Waals surface area contributed by atoms with Gasteiger partial charge in [-0.25, -0.2) is 14.2 Å². The zero-order valence-corrected chi connectivity index (χ0v) is 23.4. The Kier molecular flexibility index (Phi) is 11.9.